The summed E-state index contributed by atoms with van der Waals surface area (Å²) < 4.78 is 13.8. The van der Waals surface area contributed by atoms with Gasteiger partial charge in [0.05, 0.1) is 11.7 Å². The van der Waals surface area contributed by atoms with Crippen LogP contribution in [0.15, 0.2) is 42.5 Å². The Bertz CT molecular complexity index is 795. The molecule has 1 aliphatic rings. The summed E-state index contributed by atoms with van der Waals surface area (Å²) in [6.07, 6.45) is -0.742. The summed E-state index contributed by atoms with van der Waals surface area (Å²) in [6.45, 7) is 2.57. The molecule has 0 spiro atoms. The summed E-state index contributed by atoms with van der Waals surface area (Å²) in [5, 5.41) is 11.4. The zero-order valence-corrected chi connectivity index (χ0v) is 15.5. The largest absolute Gasteiger partial charge is 0.387 e. The normalized spacial score (nSPS) is 16.5. The molecule has 1 heterocycles. The Hall–Kier alpha value is -1.66. The summed E-state index contributed by atoms with van der Waals surface area (Å²) in [4.78, 5) is 16.1. The first-order chi connectivity index (χ1) is 12.5. The average Bonchev–Trinajstić information content (AvgIpc) is 2.62. The lowest BCUT2D eigenvalue weighted by atomic mass is 10.1. The van der Waals surface area contributed by atoms with Crippen LogP contribution in [0.3, 0.4) is 0 Å². The van der Waals surface area contributed by atoms with E-state index in [9.17, 15) is 14.3 Å². The predicted octanol–water partition coefficient (Wildman–Crippen LogP) is 3.62. The molecular weight excluding hydrogens is 378 g/mol. The Morgan fingerprint density at radius 2 is 1.81 bits per heavy atom. The molecule has 7 heteroatoms. The zero-order valence-electron chi connectivity index (χ0n) is 14.0. The van der Waals surface area contributed by atoms with Crippen molar-refractivity contribution in [3.05, 3.63) is 69.5 Å². The Balaban J connectivity index is 1.57. The Labute approximate surface area is 161 Å². The van der Waals surface area contributed by atoms with Crippen LogP contribution >= 0.6 is 23.2 Å². The number of amides is 1. The van der Waals surface area contributed by atoms with Gasteiger partial charge in [0.2, 0.25) is 0 Å². The van der Waals surface area contributed by atoms with Gasteiger partial charge in [-0.1, -0.05) is 41.4 Å². The molecule has 3 rings (SSSR count). The lowest BCUT2D eigenvalue weighted by Gasteiger charge is -2.35. The summed E-state index contributed by atoms with van der Waals surface area (Å²) >= 11 is 12.0. The molecule has 0 aliphatic carbocycles. The molecule has 0 aromatic heterocycles. The third-order valence-electron chi connectivity index (χ3n) is 4.52. The van der Waals surface area contributed by atoms with Crippen LogP contribution in [0.4, 0.5) is 4.39 Å². The number of halogens is 3. The van der Waals surface area contributed by atoms with Gasteiger partial charge >= 0.3 is 0 Å². The lowest BCUT2D eigenvalue weighted by Crippen LogP contribution is -2.49. The maximum atomic E-state index is 13.8. The SMILES string of the molecule is O=C(c1ccccc1F)N1CCN(C[C@@H](O)c2ccc(Cl)cc2Cl)CC1. The number of carbonyl (C=O) groups is 1. The van der Waals surface area contributed by atoms with Crippen molar-refractivity contribution in [3.63, 3.8) is 0 Å². The van der Waals surface area contributed by atoms with Gasteiger partial charge in [-0.2, -0.15) is 0 Å². The second-order valence-corrected chi connectivity index (χ2v) is 7.10. The third-order valence-corrected chi connectivity index (χ3v) is 5.08. The topological polar surface area (TPSA) is 43.8 Å². The lowest BCUT2D eigenvalue weighted by molar-refractivity contribution is 0.0524. The van der Waals surface area contributed by atoms with Gasteiger partial charge in [0.25, 0.3) is 5.91 Å². The van der Waals surface area contributed by atoms with Gasteiger partial charge in [-0.15, -0.1) is 0 Å². The maximum Gasteiger partial charge on any atom is 0.256 e. The Morgan fingerprint density at radius 1 is 1.12 bits per heavy atom. The van der Waals surface area contributed by atoms with E-state index in [0.29, 0.717) is 48.3 Å². The molecule has 4 nitrogen and oxygen atoms in total. The van der Waals surface area contributed by atoms with Crippen LogP contribution in [-0.4, -0.2) is 53.5 Å². The Morgan fingerprint density at radius 3 is 2.46 bits per heavy atom. The highest BCUT2D eigenvalue weighted by molar-refractivity contribution is 6.35. The van der Waals surface area contributed by atoms with Crippen LogP contribution in [0.2, 0.25) is 10.0 Å². The van der Waals surface area contributed by atoms with Gasteiger partial charge < -0.3 is 10.0 Å². The number of rotatable bonds is 4. The molecule has 2 aromatic carbocycles. The minimum atomic E-state index is -0.742. The molecule has 138 valence electrons. The van der Waals surface area contributed by atoms with E-state index in [1.807, 2.05) is 0 Å². The molecule has 0 bridgehead atoms. The van der Waals surface area contributed by atoms with Crippen LogP contribution in [0, 0.1) is 5.82 Å². The molecule has 0 saturated carbocycles. The van der Waals surface area contributed by atoms with Crippen LogP contribution in [0.1, 0.15) is 22.0 Å². The van der Waals surface area contributed by atoms with Gasteiger partial charge in [-0.3, -0.25) is 9.69 Å². The predicted molar refractivity (Wildman–Crippen MR) is 100 cm³/mol. The van der Waals surface area contributed by atoms with Gasteiger partial charge in [-0.05, 0) is 24.3 Å². The summed E-state index contributed by atoms with van der Waals surface area (Å²) in [7, 11) is 0. The number of piperazine rings is 1. The number of carbonyl (C=O) groups excluding carboxylic acids is 1. The smallest absolute Gasteiger partial charge is 0.256 e. The molecule has 0 radical (unpaired) electrons. The first-order valence-electron chi connectivity index (χ1n) is 8.35. The highest BCUT2D eigenvalue weighted by Crippen LogP contribution is 2.27. The van der Waals surface area contributed by atoms with E-state index in [-0.39, 0.29) is 11.5 Å². The van der Waals surface area contributed by atoms with Crippen molar-refractivity contribution in [1.29, 1.82) is 0 Å². The fourth-order valence-electron chi connectivity index (χ4n) is 3.05. The fourth-order valence-corrected chi connectivity index (χ4v) is 3.59. The molecule has 2 aromatic rings. The number of nitrogens with zero attached hydrogens (tertiary/aromatic N) is 2. The zero-order chi connectivity index (χ0) is 18.7. The van der Waals surface area contributed by atoms with Crippen LogP contribution in [0.5, 0.6) is 0 Å². The molecule has 1 saturated heterocycles. The van der Waals surface area contributed by atoms with Crippen molar-refractivity contribution in [2.45, 2.75) is 6.10 Å². The summed E-state index contributed by atoms with van der Waals surface area (Å²) in [6, 6.07) is 11.0. The molecule has 1 aliphatic heterocycles. The molecule has 0 unspecified atom stereocenters. The first kappa shape index (κ1) is 19.1. The van der Waals surface area contributed by atoms with Crippen LogP contribution in [0.25, 0.3) is 0 Å². The Kier molecular flexibility index (Phi) is 6.14. The van der Waals surface area contributed by atoms with Crippen molar-refractivity contribution in [2.24, 2.45) is 0 Å². The highest BCUT2D eigenvalue weighted by atomic mass is 35.5. The van der Waals surface area contributed by atoms with Gasteiger partial charge in [-0.25, -0.2) is 4.39 Å². The van der Waals surface area contributed by atoms with Crippen molar-refractivity contribution in [3.8, 4) is 0 Å². The van der Waals surface area contributed by atoms with Crippen molar-refractivity contribution in [1.82, 2.24) is 9.80 Å². The molecule has 26 heavy (non-hydrogen) atoms. The van der Waals surface area contributed by atoms with E-state index in [1.54, 1.807) is 35.2 Å². The van der Waals surface area contributed by atoms with Crippen molar-refractivity contribution >= 4 is 29.1 Å². The monoisotopic (exact) mass is 396 g/mol. The van der Waals surface area contributed by atoms with Crippen LogP contribution in [-0.2, 0) is 0 Å². The molecule has 1 atom stereocenters. The number of aliphatic hydroxyl groups excluding tert-OH is 1. The van der Waals surface area contributed by atoms with E-state index in [2.05, 4.69) is 4.90 Å². The van der Waals surface area contributed by atoms with Crippen LogP contribution < -0.4 is 0 Å². The number of hydrogen-bond donors (Lipinski definition) is 1. The van der Waals surface area contributed by atoms with E-state index in [0.717, 1.165) is 0 Å². The summed E-state index contributed by atoms with van der Waals surface area (Å²) in [5.41, 5.74) is 0.717. The summed E-state index contributed by atoms with van der Waals surface area (Å²) in [5.74, 6) is -0.809. The van der Waals surface area contributed by atoms with Gasteiger partial charge in [0.1, 0.15) is 5.82 Å². The number of benzene rings is 2. The van der Waals surface area contributed by atoms with Gasteiger partial charge in [0, 0.05) is 48.3 Å². The van der Waals surface area contributed by atoms with Gasteiger partial charge in [0.15, 0.2) is 0 Å². The minimum absolute atomic E-state index is 0.0916. The fraction of sp³-hybridized carbons (Fsp3) is 0.316. The average molecular weight is 397 g/mol. The minimum Gasteiger partial charge on any atom is -0.387 e. The third kappa shape index (κ3) is 4.35. The highest BCUT2D eigenvalue weighted by Gasteiger charge is 2.25. The number of β-amino-alcohol motifs (C(OH)–C–C–N with tert-alkyl or cyclic N) is 1. The van der Waals surface area contributed by atoms with Crippen molar-refractivity contribution < 1.29 is 14.3 Å². The molecule has 1 fully saturated rings. The number of aliphatic hydroxyl groups is 1. The number of hydrogen-bond acceptors (Lipinski definition) is 3. The molecule has 1 amide bonds. The second-order valence-electron chi connectivity index (χ2n) is 6.25. The molecule has 1 N–H and O–H groups in total. The first-order valence-corrected chi connectivity index (χ1v) is 9.10. The van der Waals surface area contributed by atoms with E-state index < -0.39 is 11.9 Å². The maximum absolute atomic E-state index is 13.8. The van der Waals surface area contributed by atoms with E-state index >= 15 is 0 Å². The van der Waals surface area contributed by atoms with Crippen molar-refractivity contribution in [2.75, 3.05) is 32.7 Å². The molecular formula is C19H19Cl2FN2O2. The van der Waals surface area contributed by atoms with E-state index in [4.69, 9.17) is 23.2 Å². The second kappa shape index (κ2) is 8.35. The van der Waals surface area contributed by atoms with E-state index in [1.165, 1.54) is 12.1 Å². The standard InChI is InChI=1S/C19H19Cl2FN2O2/c20-13-5-6-14(16(21)11-13)18(25)12-23-7-9-24(10-8-23)19(26)15-3-1-2-4-17(15)22/h1-6,11,18,25H,7-10,12H2/t18-/m1/s1. The quantitative estimate of drug-likeness (QED) is 0.857.